The standard InChI is InChI=1S/C16H10BN2O2S/c20-17-21-16-18-14(10-6-2-1-3-7-10)13-11-8-4-5-9-12(11)22-15(13)19-16/h1-9,20H. The van der Waals surface area contributed by atoms with Crippen molar-refractivity contribution in [3.05, 3.63) is 54.6 Å². The Labute approximate surface area is 131 Å². The van der Waals surface area contributed by atoms with Crippen LogP contribution in [0.3, 0.4) is 0 Å². The highest BCUT2D eigenvalue weighted by molar-refractivity contribution is 7.25. The summed E-state index contributed by atoms with van der Waals surface area (Å²) in [6.45, 7) is 0. The molecular formula is C16H10BN2O2S. The zero-order chi connectivity index (χ0) is 14.9. The van der Waals surface area contributed by atoms with Crippen molar-refractivity contribution in [1.29, 1.82) is 0 Å². The molecule has 0 atom stereocenters. The van der Waals surface area contributed by atoms with Crippen LogP contribution in [0.4, 0.5) is 0 Å². The van der Waals surface area contributed by atoms with Crippen LogP contribution in [0.15, 0.2) is 54.6 Å². The summed E-state index contributed by atoms with van der Waals surface area (Å²) in [6, 6.07) is 18.2. The summed E-state index contributed by atoms with van der Waals surface area (Å²) in [7, 11) is 0.600. The van der Waals surface area contributed by atoms with Crippen LogP contribution >= 0.6 is 11.3 Å². The van der Waals surface area contributed by atoms with E-state index in [1.807, 2.05) is 42.5 Å². The van der Waals surface area contributed by atoms with Gasteiger partial charge in [0.05, 0.1) is 5.69 Å². The Hall–Kier alpha value is -2.44. The zero-order valence-corrected chi connectivity index (χ0v) is 12.2. The summed E-state index contributed by atoms with van der Waals surface area (Å²) in [6.07, 6.45) is 0. The van der Waals surface area contributed by atoms with Crippen molar-refractivity contribution in [2.45, 2.75) is 0 Å². The minimum Gasteiger partial charge on any atom is -0.509 e. The van der Waals surface area contributed by atoms with Crippen molar-refractivity contribution in [1.82, 2.24) is 9.97 Å². The normalized spacial score (nSPS) is 11.0. The molecule has 0 aliphatic heterocycles. The molecule has 0 saturated carbocycles. The average molecular weight is 305 g/mol. The third-order valence-corrected chi connectivity index (χ3v) is 4.49. The first-order chi connectivity index (χ1) is 10.9. The number of hydrogen-bond acceptors (Lipinski definition) is 5. The van der Waals surface area contributed by atoms with Gasteiger partial charge in [-0.05, 0) is 6.07 Å². The molecule has 0 aliphatic rings. The van der Waals surface area contributed by atoms with Crippen LogP contribution in [0.2, 0.25) is 0 Å². The smallest absolute Gasteiger partial charge is 0.509 e. The van der Waals surface area contributed by atoms with Gasteiger partial charge in [0.1, 0.15) is 4.83 Å². The van der Waals surface area contributed by atoms with E-state index in [2.05, 4.69) is 22.1 Å². The molecule has 4 rings (SSSR count). The summed E-state index contributed by atoms with van der Waals surface area (Å²) in [5, 5.41) is 11.0. The van der Waals surface area contributed by atoms with Crippen LogP contribution in [-0.2, 0) is 0 Å². The average Bonchev–Trinajstić information content (AvgIpc) is 2.93. The second-order valence-corrected chi connectivity index (χ2v) is 5.75. The van der Waals surface area contributed by atoms with Gasteiger partial charge in [0.2, 0.25) is 0 Å². The second kappa shape index (κ2) is 5.40. The van der Waals surface area contributed by atoms with Gasteiger partial charge >= 0.3 is 13.7 Å². The molecule has 0 saturated heterocycles. The number of aromatic nitrogens is 2. The first-order valence-corrected chi connectivity index (χ1v) is 7.56. The van der Waals surface area contributed by atoms with Gasteiger partial charge in [0.15, 0.2) is 0 Å². The fourth-order valence-corrected chi connectivity index (χ4v) is 3.58. The highest BCUT2D eigenvalue weighted by Gasteiger charge is 2.16. The number of benzene rings is 2. The molecule has 4 nitrogen and oxygen atoms in total. The zero-order valence-electron chi connectivity index (χ0n) is 11.4. The predicted molar refractivity (Wildman–Crippen MR) is 89.0 cm³/mol. The Morgan fingerprint density at radius 2 is 1.73 bits per heavy atom. The minimum absolute atomic E-state index is 0.139. The first-order valence-electron chi connectivity index (χ1n) is 6.74. The lowest BCUT2D eigenvalue weighted by Crippen LogP contribution is -2.04. The third kappa shape index (κ3) is 2.13. The van der Waals surface area contributed by atoms with Crippen LogP contribution in [0, 0.1) is 0 Å². The highest BCUT2D eigenvalue weighted by atomic mass is 32.1. The molecule has 0 bridgehead atoms. The Kier molecular flexibility index (Phi) is 3.25. The van der Waals surface area contributed by atoms with E-state index in [-0.39, 0.29) is 6.01 Å². The van der Waals surface area contributed by atoms with Crippen molar-refractivity contribution in [2.24, 2.45) is 0 Å². The molecule has 0 spiro atoms. The number of thiophene rings is 1. The second-order valence-electron chi connectivity index (χ2n) is 4.72. The van der Waals surface area contributed by atoms with E-state index in [0.29, 0.717) is 7.69 Å². The summed E-state index contributed by atoms with van der Waals surface area (Å²) in [4.78, 5) is 9.69. The number of hydrogen-bond donors (Lipinski definition) is 1. The maximum absolute atomic E-state index is 8.87. The van der Waals surface area contributed by atoms with Crippen LogP contribution in [-0.4, -0.2) is 22.7 Å². The van der Waals surface area contributed by atoms with Crippen LogP contribution in [0.25, 0.3) is 31.6 Å². The molecule has 1 radical (unpaired) electrons. The van der Waals surface area contributed by atoms with Crippen molar-refractivity contribution < 1.29 is 9.68 Å². The van der Waals surface area contributed by atoms with Crippen LogP contribution in [0.1, 0.15) is 0 Å². The van der Waals surface area contributed by atoms with Gasteiger partial charge in [-0.1, -0.05) is 48.5 Å². The molecular weight excluding hydrogens is 295 g/mol. The Morgan fingerprint density at radius 1 is 0.955 bits per heavy atom. The van der Waals surface area contributed by atoms with Crippen LogP contribution < -0.4 is 4.65 Å². The van der Waals surface area contributed by atoms with E-state index in [1.165, 1.54) is 0 Å². The Morgan fingerprint density at radius 3 is 2.55 bits per heavy atom. The molecule has 6 heteroatoms. The fraction of sp³-hybridized carbons (Fsp3) is 0. The molecule has 0 unspecified atom stereocenters. The summed E-state index contributed by atoms with van der Waals surface area (Å²) in [5.41, 5.74) is 1.79. The number of nitrogens with zero attached hydrogens (tertiary/aromatic N) is 2. The maximum atomic E-state index is 8.87. The summed E-state index contributed by atoms with van der Waals surface area (Å²) < 4.78 is 6.13. The lowest BCUT2D eigenvalue weighted by Gasteiger charge is -2.06. The molecule has 4 aromatic rings. The fourth-order valence-electron chi connectivity index (χ4n) is 2.51. The summed E-state index contributed by atoms with van der Waals surface area (Å²) in [5.74, 6) is 0. The number of rotatable bonds is 3. The van der Waals surface area contributed by atoms with Gasteiger partial charge in [0, 0.05) is 21.0 Å². The van der Waals surface area contributed by atoms with E-state index in [4.69, 9.17) is 9.68 Å². The van der Waals surface area contributed by atoms with Crippen molar-refractivity contribution in [3.8, 4) is 17.3 Å². The van der Waals surface area contributed by atoms with Gasteiger partial charge in [0.25, 0.3) is 0 Å². The van der Waals surface area contributed by atoms with E-state index in [0.717, 1.165) is 31.6 Å². The predicted octanol–water partition coefficient (Wildman–Crippen LogP) is 3.42. The molecule has 22 heavy (non-hydrogen) atoms. The van der Waals surface area contributed by atoms with E-state index in [9.17, 15) is 0 Å². The van der Waals surface area contributed by atoms with Crippen molar-refractivity contribution in [2.75, 3.05) is 0 Å². The number of fused-ring (bicyclic) bond motifs is 3. The van der Waals surface area contributed by atoms with Crippen molar-refractivity contribution >= 4 is 39.3 Å². The molecule has 0 fully saturated rings. The van der Waals surface area contributed by atoms with Gasteiger partial charge in [-0.2, -0.15) is 9.97 Å². The van der Waals surface area contributed by atoms with E-state index >= 15 is 0 Å². The molecule has 0 aliphatic carbocycles. The maximum Gasteiger partial charge on any atom is 0.571 e. The molecule has 2 heterocycles. The van der Waals surface area contributed by atoms with Crippen molar-refractivity contribution in [3.63, 3.8) is 0 Å². The molecule has 2 aromatic heterocycles. The lowest BCUT2D eigenvalue weighted by molar-refractivity contribution is 0.433. The van der Waals surface area contributed by atoms with E-state index < -0.39 is 0 Å². The van der Waals surface area contributed by atoms with Gasteiger partial charge < -0.3 is 9.68 Å². The summed E-state index contributed by atoms with van der Waals surface area (Å²) >= 11 is 1.58. The van der Waals surface area contributed by atoms with Gasteiger partial charge in [-0.25, -0.2) is 0 Å². The SMILES string of the molecule is O[B]Oc1nc(-c2ccccc2)c2c(n1)sc1ccccc12. The first kappa shape index (κ1) is 13.2. The molecule has 0 amide bonds. The van der Waals surface area contributed by atoms with E-state index in [1.54, 1.807) is 11.3 Å². The van der Waals surface area contributed by atoms with Gasteiger partial charge in [-0.15, -0.1) is 11.3 Å². The molecule has 1 N–H and O–H groups in total. The molecule has 105 valence electrons. The minimum atomic E-state index is 0.139. The van der Waals surface area contributed by atoms with Crippen LogP contribution in [0.5, 0.6) is 6.01 Å². The Balaban J connectivity index is 2.10. The highest BCUT2D eigenvalue weighted by Crippen LogP contribution is 2.38. The topological polar surface area (TPSA) is 55.2 Å². The monoisotopic (exact) mass is 305 g/mol. The molecule has 2 aromatic carbocycles. The Bertz CT molecular complexity index is 956. The van der Waals surface area contributed by atoms with Gasteiger partial charge in [-0.3, -0.25) is 0 Å². The lowest BCUT2D eigenvalue weighted by atomic mass is 10.1. The quantitative estimate of drug-likeness (QED) is 0.589. The largest absolute Gasteiger partial charge is 0.571 e. The third-order valence-electron chi connectivity index (χ3n) is 3.42.